The van der Waals surface area contributed by atoms with Gasteiger partial charge in [0.15, 0.2) is 0 Å². The number of ether oxygens (including phenoxy) is 2. The lowest BCUT2D eigenvalue weighted by Crippen LogP contribution is -2.37. The van der Waals surface area contributed by atoms with E-state index >= 15 is 0 Å². The van der Waals surface area contributed by atoms with Gasteiger partial charge in [-0.2, -0.15) is 0 Å². The zero-order valence-electron chi connectivity index (χ0n) is 32.2. The number of likely N-dealkylation sites (tertiary alicyclic amines) is 2. The van der Waals surface area contributed by atoms with Crippen LogP contribution in [0.2, 0.25) is 10.0 Å². The number of halogens is 2. The summed E-state index contributed by atoms with van der Waals surface area (Å²) in [7, 11) is 0. The van der Waals surface area contributed by atoms with Crippen LogP contribution in [0, 0.1) is 10.1 Å². The molecule has 2 aromatic carbocycles. The van der Waals surface area contributed by atoms with Crippen molar-refractivity contribution in [2.24, 2.45) is 0 Å². The van der Waals surface area contributed by atoms with Gasteiger partial charge in [0, 0.05) is 59.6 Å². The van der Waals surface area contributed by atoms with Gasteiger partial charge in [0.1, 0.15) is 6.20 Å². The predicted octanol–water partition coefficient (Wildman–Crippen LogP) is 9.68. The van der Waals surface area contributed by atoms with Crippen molar-refractivity contribution in [3.05, 3.63) is 143 Å². The van der Waals surface area contributed by atoms with Gasteiger partial charge in [-0.3, -0.25) is 15.1 Å². The average Bonchev–Trinajstić information content (AvgIpc) is 3.48. The SMILES string of the molecule is CCOC(=O)N1CCC(=C2c3ccc(Cl)cc3CCc3cc([N+](=O)[O-])cnc32)CC1.CCOC(=O)N1CCC(=C2c3ccc(Cl)cc3CCc3cccnc32)CC1. The van der Waals surface area contributed by atoms with E-state index in [2.05, 4.69) is 23.2 Å². The highest BCUT2D eigenvalue weighted by atomic mass is 35.5. The van der Waals surface area contributed by atoms with Crippen molar-refractivity contribution in [2.75, 3.05) is 39.4 Å². The third-order valence-corrected chi connectivity index (χ3v) is 11.5. The van der Waals surface area contributed by atoms with Gasteiger partial charge < -0.3 is 19.3 Å². The summed E-state index contributed by atoms with van der Waals surface area (Å²) in [6.07, 6.45) is 9.09. The summed E-state index contributed by atoms with van der Waals surface area (Å²) < 4.78 is 10.3. The molecule has 0 spiro atoms. The van der Waals surface area contributed by atoms with Crippen molar-refractivity contribution in [1.82, 2.24) is 19.8 Å². The number of amides is 2. The van der Waals surface area contributed by atoms with Crippen LogP contribution >= 0.6 is 23.2 Å². The molecule has 8 rings (SSSR count). The molecule has 0 unspecified atom stereocenters. The monoisotopic (exact) mass is 809 g/mol. The number of pyridine rings is 2. The molecule has 2 amide bonds. The molecule has 0 saturated carbocycles. The van der Waals surface area contributed by atoms with Gasteiger partial charge in [-0.1, -0.05) is 52.5 Å². The van der Waals surface area contributed by atoms with Crippen LogP contribution in [0.4, 0.5) is 15.3 Å². The first-order valence-electron chi connectivity index (χ1n) is 19.6. The van der Waals surface area contributed by atoms with E-state index in [0.29, 0.717) is 63.7 Å². The van der Waals surface area contributed by atoms with Crippen LogP contribution in [0.5, 0.6) is 0 Å². The van der Waals surface area contributed by atoms with E-state index in [-0.39, 0.29) is 17.9 Å². The first-order valence-corrected chi connectivity index (χ1v) is 20.3. The van der Waals surface area contributed by atoms with Crippen LogP contribution < -0.4 is 0 Å². The molecule has 2 aromatic heterocycles. The number of nitrogens with zero attached hydrogens (tertiary/aromatic N) is 5. The summed E-state index contributed by atoms with van der Waals surface area (Å²) in [5.74, 6) is 0. The lowest BCUT2D eigenvalue weighted by molar-refractivity contribution is -0.385. The van der Waals surface area contributed by atoms with Gasteiger partial charge >= 0.3 is 12.2 Å². The van der Waals surface area contributed by atoms with E-state index in [4.69, 9.17) is 37.7 Å². The molecule has 0 N–H and O–H groups in total. The maximum absolute atomic E-state index is 12.1. The van der Waals surface area contributed by atoms with Crippen LogP contribution in [-0.2, 0) is 35.2 Å². The van der Waals surface area contributed by atoms with Gasteiger partial charge in [0.05, 0.1) is 29.5 Å². The normalized spacial score (nSPS) is 16.1. The number of fused-ring (bicyclic) bond motifs is 4. The van der Waals surface area contributed by atoms with E-state index in [1.807, 2.05) is 43.5 Å². The number of aryl methyl sites for hydroxylation is 4. The first-order chi connectivity index (χ1) is 27.6. The zero-order valence-corrected chi connectivity index (χ0v) is 33.7. The van der Waals surface area contributed by atoms with Crippen molar-refractivity contribution < 1.29 is 24.0 Å². The van der Waals surface area contributed by atoms with Crippen molar-refractivity contribution in [3.63, 3.8) is 0 Å². The standard InChI is InChI=1S/C22H22ClN3O4.C22H23ClN2O2/c1-2-30-22(27)25-9-7-14(8-10-25)20-19-6-5-17(23)11-15(19)3-4-16-12-18(26(28)29)13-24-21(16)20;1-2-27-22(26)25-12-9-15(10-13-25)20-19-8-7-18(23)14-17(19)6-5-16-4-3-11-24-21(16)20/h5-6,11-13H,2-4,7-10H2,1H3;3-4,7-8,11,14H,2,5-6,9-10,12-13H2,1H3. The minimum absolute atomic E-state index is 0.000723. The highest BCUT2D eigenvalue weighted by Crippen LogP contribution is 2.40. The maximum Gasteiger partial charge on any atom is 0.409 e. The summed E-state index contributed by atoms with van der Waals surface area (Å²) in [6.45, 7) is 6.91. The van der Waals surface area contributed by atoms with Crippen LogP contribution in [0.1, 0.15) is 84.3 Å². The molecule has 0 radical (unpaired) electrons. The molecule has 2 fully saturated rings. The fourth-order valence-corrected chi connectivity index (χ4v) is 8.65. The summed E-state index contributed by atoms with van der Waals surface area (Å²) >= 11 is 12.5. The molecule has 2 saturated heterocycles. The smallest absolute Gasteiger partial charge is 0.409 e. The van der Waals surface area contributed by atoms with Gasteiger partial charge in [0.2, 0.25) is 0 Å². The number of benzene rings is 2. The molecule has 4 aliphatic rings. The lowest BCUT2D eigenvalue weighted by Gasteiger charge is -2.29. The van der Waals surface area contributed by atoms with Crippen molar-refractivity contribution >= 4 is 52.2 Å². The number of carbonyl (C=O) groups excluding carboxylic acids is 2. The molecule has 2 aliphatic carbocycles. The minimum atomic E-state index is -0.410. The Bertz CT molecular complexity index is 2250. The average molecular weight is 811 g/mol. The van der Waals surface area contributed by atoms with E-state index in [1.165, 1.54) is 39.6 Å². The molecule has 57 heavy (non-hydrogen) atoms. The third kappa shape index (κ3) is 8.84. The quantitative estimate of drug-likeness (QED) is 0.148. The summed E-state index contributed by atoms with van der Waals surface area (Å²) in [4.78, 5) is 47.7. The number of hydrogen-bond acceptors (Lipinski definition) is 8. The number of nitro groups is 1. The number of rotatable bonds is 3. The van der Waals surface area contributed by atoms with Crippen molar-refractivity contribution in [1.29, 1.82) is 0 Å². The number of hydrogen-bond donors (Lipinski definition) is 0. The second-order valence-corrected chi connectivity index (χ2v) is 15.3. The molecular formula is C44H45Cl2N5O6. The van der Waals surface area contributed by atoms with E-state index < -0.39 is 4.92 Å². The summed E-state index contributed by atoms with van der Waals surface area (Å²) in [5, 5.41) is 12.7. The Morgan fingerprint density at radius 1 is 0.667 bits per heavy atom. The second-order valence-electron chi connectivity index (χ2n) is 14.4. The van der Waals surface area contributed by atoms with Crippen LogP contribution in [0.3, 0.4) is 0 Å². The zero-order chi connectivity index (χ0) is 40.1. The fourth-order valence-electron chi connectivity index (χ4n) is 8.26. The van der Waals surface area contributed by atoms with Gasteiger partial charge in [-0.25, -0.2) is 14.6 Å². The molecule has 4 aromatic rings. The van der Waals surface area contributed by atoms with E-state index in [1.54, 1.807) is 22.8 Å². The van der Waals surface area contributed by atoms with Gasteiger partial charge in [0.25, 0.3) is 5.69 Å². The van der Waals surface area contributed by atoms with E-state index in [0.717, 1.165) is 70.8 Å². The van der Waals surface area contributed by atoms with E-state index in [9.17, 15) is 19.7 Å². The largest absolute Gasteiger partial charge is 0.450 e. The number of carbonyl (C=O) groups is 2. The Balaban J connectivity index is 0.000000175. The second kappa shape index (κ2) is 17.9. The van der Waals surface area contributed by atoms with Gasteiger partial charge in [-0.05, 0) is 129 Å². The van der Waals surface area contributed by atoms with Crippen LogP contribution in [-0.4, -0.2) is 76.3 Å². The molecular weight excluding hydrogens is 765 g/mol. The Morgan fingerprint density at radius 2 is 1.14 bits per heavy atom. The molecule has 296 valence electrons. The number of piperidine rings is 2. The van der Waals surface area contributed by atoms with Crippen molar-refractivity contribution in [2.45, 2.75) is 65.2 Å². The predicted molar refractivity (Wildman–Crippen MR) is 221 cm³/mol. The van der Waals surface area contributed by atoms with Gasteiger partial charge in [-0.15, -0.1) is 0 Å². The summed E-state index contributed by atoms with van der Waals surface area (Å²) in [6, 6.07) is 17.8. The molecule has 13 heteroatoms. The Labute approximate surface area is 342 Å². The molecule has 4 heterocycles. The molecule has 11 nitrogen and oxygen atoms in total. The van der Waals surface area contributed by atoms with Crippen molar-refractivity contribution in [3.8, 4) is 0 Å². The first kappa shape index (κ1) is 40.0. The number of aromatic nitrogens is 2. The fraction of sp³-hybridized carbons (Fsp3) is 0.364. The Morgan fingerprint density at radius 3 is 1.63 bits per heavy atom. The maximum atomic E-state index is 12.1. The minimum Gasteiger partial charge on any atom is -0.450 e. The van der Waals surface area contributed by atoms with Crippen LogP contribution in [0.25, 0.3) is 11.1 Å². The Kier molecular flexibility index (Phi) is 12.5. The third-order valence-electron chi connectivity index (χ3n) is 11.0. The highest BCUT2D eigenvalue weighted by molar-refractivity contribution is 6.31. The summed E-state index contributed by atoms with van der Waals surface area (Å²) in [5.41, 5.74) is 13.5. The lowest BCUT2D eigenvalue weighted by atomic mass is 9.88. The Hall–Kier alpha value is -5.26. The highest BCUT2D eigenvalue weighted by Gasteiger charge is 2.29. The molecule has 0 atom stereocenters. The van der Waals surface area contributed by atoms with Crippen LogP contribution in [0.15, 0.2) is 78.1 Å². The topological polar surface area (TPSA) is 128 Å². The molecule has 2 aliphatic heterocycles. The molecule has 0 bridgehead atoms.